The Balaban J connectivity index is 1.19. The van der Waals surface area contributed by atoms with Gasteiger partial charge in [-0.1, -0.05) is 105 Å². The number of ether oxygens (including phenoxy) is 3. The van der Waals surface area contributed by atoms with E-state index in [2.05, 4.69) is 52.6 Å². The molecule has 3 fully saturated rings. The third-order valence-corrected chi connectivity index (χ3v) is 14.0. The fourth-order valence-electron chi connectivity index (χ4n) is 11.2. The fraction of sp³-hybridized carbons (Fsp3) is 0.930. The van der Waals surface area contributed by atoms with E-state index in [9.17, 15) is 0 Å². The van der Waals surface area contributed by atoms with Gasteiger partial charge in [-0.15, -0.1) is 0 Å². The molecule has 0 saturated heterocycles. The lowest BCUT2D eigenvalue weighted by atomic mass is 9.47. The van der Waals surface area contributed by atoms with Gasteiger partial charge in [0.15, 0.2) is 12.2 Å². The van der Waals surface area contributed by atoms with Crippen molar-refractivity contribution in [3.8, 4) is 0 Å². The van der Waals surface area contributed by atoms with Gasteiger partial charge in [0.25, 0.3) is 0 Å². The van der Waals surface area contributed by atoms with E-state index in [4.69, 9.17) is 25.7 Å². The summed E-state index contributed by atoms with van der Waals surface area (Å²) >= 11 is 0. The zero-order chi connectivity index (χ0) is 35.4. The highest BCUT2D eigenvalue weighted by Gasteiger charge is 2.59. The van der Waals surface area contributed by atoms with Crippen molar-refractivity contribution in [2.24, 2.45) is 62.8 Å². The van der Waals surface area contributed by atoms with Gasteiger partial charge in [0, 0.05) is 19.8 Å². The van der Waals surface area contributed by atoms with Crippen LogP contribution in [-0.4, -0.2) is 44.2 Å². The van der Waals surface area contributed by atoms with E-state index in [1.807, 2.05) is 6.92 Å². The summed E-state index contributed by atoms with van der Waals surface area (Å²) in [7, 11) is 0. The van der Waals surface area contributed by atoms with E-state index < -0.39 is 6.29 Å². The fourth-order valence-corrected chi connectivity index (χ4v) is 11.2. The van der Waals surface area contributed by atoms with Crippen LogP contribution < -0.4 is 11.5 Å². The average Bonchev–Trinajstić information content (AvgIpc) is 3.41. The second kappa shape index (κ2) is 19.6. The second-order valence-electron chi connectivity index (χ2n) is 17.9. The lowest BCUT2D eigenvalue weighted by molar-refractivity contribution is -0.153. The van der Waals surface area contributed by atoms with Crippen LogP contribution in [0.1, 0.15) is 170 Å². The van der Waals surface area contributed by atoms with Crippen molar-refractivity contribution in [2.45, 2.75) is 189 Å². The predicted molar refractivity (Wildman–Crippen MR) is 206 cm³/mol. The lowest BCUT2D eigenvalue weighted by Gasteiger charge is -2.58. The first-order chi connectivity index (χ1) is 23.5. The van der Waals surface area contributed by atoms with Crippen LogP contribution in [0.2, 0.25) is 0 Å². The molecule has 10 atom stereocenters. The number of fused-ring (bicyclic) bond motifs is 5. The largest absolute Gasteiger partial charge is 0.378 e. The van der Waals surface area contributed by atoms with E-state index in [1.54, 1.807) is 5.57 Å². The quantitative estimate of drug-likeness (QED) is 0.0389. The first kappa shape index (κ1) is 40.7. The summed E-state index contributed by atoms with van der Waals surface area (Å²) in [6, 6.07) is -0.225. The Morgan fingerprint density at radius 2 is 1.51 bits per heavy atom. The van der Waals surface area contributed by atoms with Crippen molar-refractivity contribution in [1.29, 1.82) is 0 Å². The topological polar surface area (TPSA) is 92.1 Å². The summed E-state index contributed by atoms with van der Waals surface area (Å²) in [6.07, 6.45) is 27.0. The third-order valence-electron chi connectivity index (χ3n) is 14.0. The molecule has 4 N–H and O–H groups in total. The molecular weight excluding hydrogens is 606 g/mol. The van der Waals surface area contributed by atoms with Crippen molar-refractivity contribution < 1.29 is 14.2 Å². The Labute approximate surface area is 302 Å². The molecule has 49 heavy (non-hydrogen) atoms. The number of aliphatic imine (C=N–C) groups is 1. The minimum absolute atomic E-state index is 0.0801. The molecule has 0 aromatic carbocycles. The number of unbranched alkanes of at least 4 members (excludes halogenated alkanes) is 6. The van der Waals surface area contributed by atoms with Crippen molar-refractivity contribution in [3.63, 3.8) is 0 Å². The monoisotopic (exact) mass is 686 g/mol. The Kier molecular flexibility index (Phi) is 16.3. The standard InChI is InChI=1S/C43H79N3O3/c1-8-9-10-11-12-13-28-48-40(33(5)46-41(44)45)49-29-15-14-27-47-35-23-25-42(6)34(30-35)19-20-36-38-22-21-37(32(4)18-16-17-31(2)3)43(38,7)26-24-39(36)42/h19,31-33,35-40H,8-18,20-30H2,1-7H3,(H4,44,45,46)/t32-,33+,35?,36+,37-,38+,39+,40?,42+,43-/m0/s1. The number of guanidine groups is 1. The maximum Gasteiger partial charge on any atom is 0.186 e. The second-order valence-corrected chi connectivity index (χ2v) is 17.9. The van der Waals surface area contributed by atoms with E-state index in [1.165, 1.54) is 96.3 Å². The Morgan fingerprint density at radius 3 is 2.22 bits per heavy atom. The molecule has 284 valence electrons. The highest BCUT2D eigenvalue weighted by Crippen LogP contribution is 2.67. The number of hydrogen-bond acceptors (Lipinski definition) is 4. The molecule has 0 aliphatic heterocycles. The summed E-state index contributed by atoms with van der Waals surface area (Å²) in [4.78, 5) is 4.29. The predicted octanol–water partition coefficient (Wildman–Crippen LogP) is 10.6. The van der Waals surface area contributed by atoms with Crippen LogP contribution in [0.15, 0.2) is 16.6 Å². The van der Waals surface area contributed by atoms with E-state index >= 15 is 0 Å². The number of hydrogen-bond donors (Lipinski definition) is 2. The normalized spacial score (nSPS) is 32.9. The first-order valence-corrected chi connectivity index (χ1v) is 21.1. The SMILES string of the molecule is CCCCCCCCOC(OCCCCOC1CC[C@]2(C)C(=CC[C@@H]3[C@H]4CC[C@@H]([C@@H](C)CCCC(C)C)[C@]4(C)CC[C@H]32)C1)[C@@H](C)N=C(N)N. The van der Waals surface area contributed by atoms with Gasteiger partial charge in [-0.05, 0) is 124 Å². The molecule has 4 aliphatic carbocycles. The molecular formula is C43H79N3O3. The summed E-state index contributed by atoms with van der Waals surface area (Å²) < 4.78 is 18.8. The van der Waals surface area contributed by atoms with Gasteiger partial charge in [-0.25, -0.2) is 4.99 Å². The Morgan fingerprint density at radius 1 is 0.816 bits per heavy atom. The number of allylic oxidation sites excluding steroid dienone is 1. The van der Waals surface area contributed by atoms with Crippen LogP contribution in [0.5, 0.6) is 0 Å². The minimum atomic E-state index is -0.414. The van der Waals surface area contributed by atoms with Gasteiger partial charge in [0.05, 0.1) is 6.10 Å². The number of nitrogens with two attached hydrogens (primary N) is 2. The van der Waals surface area contributed by atoms with Crippen molar-refractivity contribution in [3.05, 3.63) is 11.6 Å². The molecule has 4 rings (SSSR count). The van der Waals surface area contributed by atoms with Crippen LogP contribution in [-0.2, 0) is 14.2 Å². The number of rotatable bonds is 22. The van der Waals surface area contributed by atoms with Crippen molar-refractivity contribution in [1.82, 2.24) is 0 Å². The molecule has 0 aromatic rings. The molecule has 0 bridgehead atoms. The lowest BCUT2D eigenvalue weighted by Crippen LogP contribution is -2.51. The van der Waals surface area contributed by atoms with Crippen LogP contribution in [0, 0.1) is 46.3 Å². The zero-order valence-corrected chi connectivity index (χ0v) is 33.2. The maximum atomic E-state index is 6.53. The third kappa shape index (κ3) is 11.0. The summed E-state index contributed by atoms with van der Waals surface area (Å²) in [6.45, 7) is 19.0. The summed E-state index contributed by atoms with van der Waals surface area (Å²) in [5.41, 5.74) is 14.0. The van der Waals surface area contributed by atoms with Gasteiger partial charge < -0.3 is 25.7 Å². The number of nitrogens with zero attached hydrogens (tertiary/aromatic N) is 1. The van der Waals surface area contributed by atoms with Gasteiger partial charge >= 0.3 is 0 Å². The van der Waals surface area contributed by atoms with Gasteiger partial charge in [0.1, 0.15) is 6.04 Å². The Bertz CT molecular complexity index is 1030. The van der Waals surface area contributed by atoms with E-state index in [0.29, 0.717) is 30.1 Å². The van der Waals surface area contributed by atoms with Crippen LogP contribution in [0.25, 0.3) is 0 Å². The Hall–Kier alpha value is -1.11. The summed E-state index contributed by atoms with van der Waals surface area (Å²) in [5.74, 6) is 5.43. The van der Waals surface area contributed by atoms with Crippen molar-refractivity contribution in [2.75, 3.05) is 19.8 Å². The minimum Gasteiger partial charge on any atom is -0.378 e. The van der Waals surface area contributed by atoms with Gasteiger partial charge in [0.2, 0.25) is 0 Å². The van der Waals surface area contributed by atoms with Gasteiger partial charge in [-0.3, -0.25) is 0 Å². The maximum absolute atomic E-state index is 6.53. The molecule has 6 nitrogen and oxygen atoms in total. The van der Waals surface area contributed by atoms with E-state index in [0.717, 1.165) is 67.8 Å². The average molecular weight is 686 g/mol. The molecule has 4 aliphatic rings. The molecule has 0 radical (unpaired) electrons. The highest BCUT2D eigenvalue weighted by molar-refractivity contribution is 5.75. The van der Waals surface area contributed by atoms with Crippen LogP contribution in [0.4, 0.5) is 0 Å². The van der Waals surface area contributed by atoms with Crippen LogP contribution >= 0.6 is 0 Å². The zero-order valence-electron chi connectivity index (χ0n) is 33.2. The van der Waals surface area contributed by atoms with Crippen LogP contribution in [0.3, 0.4) is 0 Å². The molecule has 0 amide bonds. The van der Waals surface area contributed by atoms with Gasteiger partial charge in [-0.2, -0.15) is 0 Å². The molecule has 6 heteroatoms. The molecule has 0 spiro atoms. The van der Waals surface area contributed by atoms with Crippen molar-refractivity contribution >= 4 is 5.96 Å². The first-order valence-electron chi connectivity index (χ1n) is 21.1. The summed E-state index contributed by atoms with van der Waals surface area (Å²) in [5, 5.41) is 0. The molecule has 0 heterocycles. The van der Waals surface area contributed by atoms with E-state index in [-0.39, 0.29) is 12.0 Å². The smallest absolute Gasteiger partial charge is 0.186 e. The highest BCUT2D eigenvalue weighted by atomic mass is 16.7. The molecule has 2 unspecified atom stereocenters. The molecule has 0 aromatic heterocycles. The molecule has 3 saturated carbocycles.